The maximum absolute atomic E-state index is 13.4. The number of hydrogen-bond acceptors (Lipinski definition) is 3. The van der Waals surface area contributed by atoms with Crippen molar-refractivity contribution in [2.75, 3.05) is 27.2 Å². The lowest BCUT2D eigenvalue weighted by molar-refractivity contribution is 0.0783. The molecule has 2 heterocycles. The number of aryl methyl sites for hydroxylation is 1. The highest BCUT2D eigenvalue weighted by Crippen LogP contribution is 2.32. The molecule has 5 nitrogen and oxygen atoms in total. The lowest BCUT2D eigenvalue weighted by Gasteiger charge is -2.25. The largest absolute Gasteiger partial charge is 0.336 e. The first-order valence-electron chi connectivity index (χ1n) is 9.74. The quantitative estimate of drug-likeness (QED) is 0.683. The lowest BCUT2D eigenvalue weighted by Crippen LogP contribution is -2.35. The van der Waals surface area contributed by atoms with E-state index in [0.29, 0.717) is 24.3 Å². The van der Waals surface area contributed by atoms with E-state index in [0.717, 1.165) is 11.1 Å². The maximum Gasteiger partial charge on any atom is 0.257 e. The van der Waals surface area contributed by atoms with Gasteiger partial charge < -0.3 is 9.80 Å². The van der Waals surface area contributed by atoms with Crippen molar-refractivity contribution in [2.24, 2.45) is 7.05 Å². The number of carbonyl (C=O) groups is 1. The number of nitrogens with zero attached hydrogens (tertiary/aromatic N) is 4. The molecule has 1 aromatic heterocycles. The zero-order valence-corrected chi connectivity index (χ0v) is 16.9. The molecule has 2 aromatic carbocycles. The fourth-order valence-electron chi connectivity index (χ4n) is 4.14. The summed E-state index contributed by atoms with van der Waals surface area (Å²) >= 11 is 0. The van der Waals surface area contributed by atoms with Gasteiger partial charge in [0.1, 0.15) is 11.5 Å². The summed E-state index contributed by atoms with van der Waals surface area (Å²) in [5, 5.41) is 4.53. The van der Waals surface area contributed by atoms with Gasteiger partial charge in [0, 0.05) is 43.9 Å². The van der Waals surface area contributed by atoms with E-state index in [9.17, 15) is 9.18 Å². The Balaban J connectivity index is 1.64. The van der Waals surface area contributed by atoms with E-state index >= 15 is 0 Å². The number of aromatic nitrogens is 2. The number of carbonyl (C=O) groups excluding carboxylic acids is 1. The Morgan fingerprint density at radius 3 is 2.41 bits per heavy atom. The first-order chi connectivity index (χ1) is 13.9. The fraction of sp³-hybridized carbons (Fsp3) is 0.304. The van der Waals surface area contributed by atoms with Crippen LogP contribution < -0.4 is 0 Å². The van der Waals surface area contributed by atoms with Crippen molar-refractivity contribution in [1.29, 1.82) is 0 Å². The summed E-state index contributed by atoms with van der Waals surface area (Å²) in [5.41, 5.74) is 3.28. The van der Waals surface area contributed by atoms with Gasteiger partial charge in [-0.3, -0.25) is 9.48 Å². The van der Waals surface area contributed by atoms with Crippen molar-refractivity contribution in [3.05, 3.63) is 77.7 Å². The molecule has 150 valence electrons. The predicted molar refractivity (Wildman–Crippen MR) is 111 cm³/mol. The van der Waals surface area contributed by atoms with Crippen LogP contribution in [0.3, 0.4) is 0 Å². The summed E-state index contributed by atoms with van der Waals surface area (Å²) in [6.07, 6.45) is 1.79. The van der Waals surface area contributed by atoms with E-state index < -0.39 is 0 Å². The minimum atomic E-state index is -0.246. The standard InChI is InChI=1S/C23H25FN4O/c1-26(2)21-15-28(14-19(21)16-9-11-18(24)12-10-16)23(29)20-13-27(3)25-22(20)17-7-5-4-6-8-17/h4-13,19,21H,14-15H2,1-3H3/t19-,21+/m0/s1. The number of likely N-dealkylation sites (tertiary alicyclic amines) is 1. The number of amides is 1. The number of hydrogen-bond donors (Lipinski definition) is 0. The van der Waals surface area contributed by atoms with Crippen LogP contribution in [0.5, 0.6) is 0 Å². The van der Waals surface area contributed by atoms with Crippen molar-refractivity contribution >= 4 is 5.91 Å². The molecule has 1 aliphatic heterocycles. The third-order valence-electron chi connectivity index (χ3n) is 5.64. The van der Waals surface area contributed by atoms with E-state index in [1.807, 2.05) is 68.5 Å². The second-order valence-corrected chi connectivity index (χ2v) is 7.83. The molecule has 2 atom stereocenters. The average Bonchev–Trinajstić information content (AvgIpc) is 3.33. The van der Waals surface area contributed by atoms with Gasteiger partial charge in [0.25, 0.3) is 5.91 Å². The topological polar surface area (TPSA) is 41.4 Å². The molecular weight excluding hydrogens is 367 g/mol. The monoisotopic (exact) mass is 392 g/mol. The van der Waals surface area contributed by atoms with Crippen molar-refractivity contribution in [3.63, 3.8) is 0 Å². The van der Waals surface area contributed by atoms with Crippen LogP contribution in [0.2, 0.25) is 0 Å². The summed E-state index contributed by atoms with van der Waals surface area (Å²) in [4.78, 5) is 17.5. The molecule has 1 fully saturated rings. The minimum absolute atomic E-state index is 0.0200. The minimum Gasteiger partial charge on any atom is -0.336 e. The lowest BCUT2D eigenvalue weighted by atomic mass is 9.94. The zero-order chi connectivity index (χ0) is 20.5. The smallest absolute Gasteiger partial charge is 0.257 e. The molecule has 0 N–H and O–H groups in total. The van der Waals surface area contributed by atoms with Crippen LogP contribution in [0, 0.1) is 5.82 Å². The summed E-state index contributed by atoms with van der Waals surface area (Å²) in [6, 6.07) is 16.6. The van der Waals surface area contributed by atoms with Crippen LogP contribution in [0.1, 0.15) is 21.8 Å². The van der Waals surface area contributed by atoms with Crippen molar-refractivity contribution in [2.45, 2.75) is 12.0 Å². The molecule has 0 saturated carbocycles. The maximum atomic E-state index is 13.4. The number of benzene rings is 2. The molecule has 1 amide bonds. The van der Waals surface area contributed by atoms with Crippen molar-refractivity contribution < 1.29 is 9.18 Å². The van der Waals surface area contributed by atoms with Gasteiger partial charge in [0.15, 0.2) is 0 Å². The van der Waals surface area contributed by atoms with Crippen LogP contribution in [0.25, 0.3) is 11.3 Å². The van der Waals surface area contributed by atoms with Gasteiger partial charge in [-0.05, 0) is 31.8 Å². The van der Waals surface area contributed by atoms with E-state index in [1.54, 1.807) is 10.9 Å². The highest BCUT2D eigenvalue weighted by molar-refractivity contribution is 6.00. The molecular formula is C23H25FN4O. The van der Waals surface area contributed by atoms with Crippen molar-refractivity contribution in [3.8, 4) is 11.3 Å². The molecule has 1 aliphatic rings. The zero-order valence-electron chi connectivity index (χ0n) is 16.9. The average molecular weight is 392 g/mol. The Hall–Kier alpha value is -2.99. The number of rotatable bonds is 4. The van der Waals surface area contributed by atoms with Crippen LogP contribution in [-0.2, 0) is 7.05 Å². The van der Waals surface area contributed by atoms with E-state index in [4.69, 9.17) is 0 Å². The van der Waals surface area contributed by atoms with Crippen LogP contribution >= 0.6 is 0 Å². The third kappa shape index (κ3) is 3.80. The van der Waals surface area contributed by atoms with Crippen molar-refractivity contribution in [1.82, 2.24) is 19.6 Å². The SMILES string of the molecule is CN(C)[C@@H]1CN(C(=O)c2cn(C)nc2-c2ccccc2)C[C@H]1c1ccc(F)cc1. The van der Waals surface area contributed by atoms with Gasteiger partial charge in [-0.1, -0.05) is 42.5 Å². The van der Waals surface area contributed by atoms with Gasteiger partial charge in [-0.15, -0.1) is 0 Å². The Kier molecular flexibility index (Phi) is 5.20. The Morgan fingerprint density at radius 2 is 1.76 bits per heavy atom. The normalized spacial score (nSPS) is 19.1. The Bertz CT molecular complexity index is 997. The molecule has 29 heavy (non-hydrogen) atoms. The molecule has 3 aromatic rings. The second kappa shape index (κ2) is 7.79. The van der Waals surface area contributed by atoms with Gasteiger partial charge in [-0.2, -0.15) is 5.10 Å². The van der Waals surface area contributed by atoms with Gasteiger partial charge in [0.2, 0.25) is 0 Å². The van der Waals surface area contributed by atoms with Gasteiger partial charge in [-0.25, -0.2) is 4.39 Å². The van der Waals surface area contributed by atoms with Crippen LogP contribution in [0.15, 0.2) is 60.8 Å². The summed E-state index contributed by atoms with van der Waals surface area (Å²) in [7, 11) is 5.88. The van der Waals surface area contributed by atoms with Crippen LogP contribution in [0.4, 0.5) is 4.39 Å². The third-order valence-corrected chi connectivity index (χ3v) is 5.64. The summed E-state index contributed by atoms with van der Waals surface area (Å²) in [5.74, 6) is -0.135. The predicted octanol–water partition coefficient (Wildman–Crippen LogP) is 3.40. The molecule has 4 rings (SSSR count). The molecule has 6 heteroatoms. The van der Waals surface area contributed by atoms with Crippen LogP contribution in [-0.4, -0.2) is 58.7 Å². The second-order valence-electron chi connectivity index (χ2n) is 7.83. The summed E-state index contributed by atoms with van der Waals surface area (Å²) in [6.45, 7) is 1.22. The summed E-state index contributed by atoms with van der Waals surface area (Å²) < 4.78 is 15.1. The molecule has 0 aliphatic carbocycles. The molecule has 1 saturated heterocycles. The van der Waals surface area contributed by atoms with E-state index in [2.05, 4.69) is 10.00 Å². The van der Waals surface area contributed by atoms with Gasteiger partial charge >= 0.3 is 0 Å². The highest BCUT2D eigenvalue weighted by Gasteiger charge is 2.38. The molecule has 0 spiro atoms. The van der Waals surface area contributed by atoms with E-state index in [1.165, 1.54) is 12.1 Å². The molecule has 0 unspecified atom stereocenters. The fourth-order valence-corrected chi connectivity index (χ4v) is 4.14. The Morgan fingerprint density at radius 1 is 1.07 bits per heavy atom. The Labute approximate surface area is 170 Å². The number of likely N-dealkylation sites (N-methyl/N-ethyl adjacent to an activating group) is 1. The first-order valence-corrected chi connectivity index (χ1v) is 9.74. The highest BCUT2D eigenvalue weighted by atomic mass is 19.1. The number of halogens is 1. The first kappa shape index (κ1) is 19.3. The molecule has 0 radical (unpaired) electrons. The molecule has 0 bridgehead atoms. The van der Waals surface area contributed by atoms with E-state index in [-0.39, 0.29) is 23.7 Å². The van der Waals surface area contributed by atoms with Gasteiger partial charge in [0.05, 0.1) is 5.56 Å².